The molecule has 2 aliphatic carbocycles. The molecule has 0 bridgehead atoms. The van der Waals surface area contributed by atoms with Crippen LogP contribution < -0.4 is 0 Å². The van der Waals surface area contributed by atoms with E-state index in [-0.39, 0.29) is 30.5 Å². The summed E-state index contributed by atoms with van der Waals surface area (Å²) in [6.07, 6.45) is 4.91. The van der Waals surface area contributed by atoms with Gasteiger partial charge in [0.05, 0.1) is 12.5 Å². The van der Waals surface area contributed by atoms with Crippen LogP contribution in [-0.2, 0) is 9.53 Å². The van der Waals surface area contributed by atoms with Crippen molar-refractivity contribution in [1.29, 1.82) is 0 Å². The first-order valence-corrected chi connectivity index (χ1v) is 6.79. The van der Waals surface area contributed by atoms with Crippen molar-refractivity contribution in [3.05, 3.63) is 23.8 Å². The monoisotopic (exact) mass is 248 g/mol. The van der Waals surface area contributed by atoms with E-state index in [0.717, 1.165) is 24.8 Å². The Labute approximate surface area is 108 Å². The fourth-order valence-electron chi connectivity index (χ4n) is 3.89. The summed E-state index contributed by atoms with van der Waals surface area (Å²) in [5, 5.41) is 9.45. The Kier molecular flexibility index (Phi) is 2.81. The third-order valence-corrected chi connectivity index (χ3v) is 5.05. The van der Waals surface area contributed by atoms with Crippen molar-refractivity contribution in [1.82, 2.24) is 0 Å². The van der Waals surface area contributed by atoms with E-state index >= 15 is 0 Å². The molecule has 0 aromatic heterocycles. The van der Waals surface area contributed by atoms with Gasteiger partial charge in [-0.3, -0.25) is 4.79 Å². The third-order valence-electron chi connectivity index (χ3n) is 5.05. The standard InChI is InChI=1S/C15H20O3/c1-8-5-14-12(9(2)15(17)18-14)6-13-10(7-16)3-4-11(8)13/h3,9,11-14,16H,1,4-7H2,2H3. The van der Waals surface area contributed by atoms with Gasteiger partial charge in [-0.05, 0) is 30.3 Å². The molecule has 18 heavy (non-hydrogen) atoms. The van der Waals surface area contributed by atoms with Crippen LogP contribution in [0.3, 0.4) is 0 Å². The summed E-state index contributed by atoms with van der Waals surface area (Å²) < 4.78 is 5.48. The first-order chi connectivity index (χ1) is 8.61. The molecule has 5 atom stereocenters. The molecule has 3 rings (SSSR count). The number of hydrogen-bond acceptors (Lipinski definition) is 3. The van der Waals surface area contributed by atoms with Crippen LogP contribution >= 0.6 is 0 Å². The summed E-state index contributed by atoms with van der Waals surface area (Å²) in [6, 6.07) is 0. The number of carbonyl (C=O) groups excluding carboxylic acids is 1. The molecule has 3 nitrogen and oxygen atoms in total. The van der Waals surface area contributed by atoms with E-state index in [1.807, 2.05) is 6.92 Å². The van der Waals surface area contributed by atoms with Crippen LogP contribution in [0.5, 0.6) is 0 Å². The molecule has 2 fully saturated rings. The van der Waals surface area contributed by atoms with E-state index in [4.69, 9.17) is 4.74 Å². The summed E-state index contributed by atoms with van der Waals surface area (Å²) in [6.45, 7) is 6.29. The van der Waals surface area contributed by atoms with Crippen molar-refractivity contribution in [3.8, 4) is 0 Å². The van der Waals surface area contributed by atoms with Gasteiger partial charge in [-0.2, -0.15) is 0 Å². The van der Waals surface area contributed by atoms with E-state index < -0.39 is 0 Å². The number of esters is 1. The van der Waals surface area contributed by atoms with Gasteiger partial charge in [0.1, 0.15) is 6.10 Å². The van der Waals surface area contributed by atoms with Crippen molar-refractivity contribution in [2.45, 2.75) is 32.3 Å². The minimum atomic E-state index is -0.0659. The highest BCUT2D eigenvalue weighted by molar-refractivity contribution is 5.75. The molecule has 0 amide bonds. The highest BCUT2D eigenvalue weighted by Crippen LogP contribution is 2.49. The lowest BCUT2D eigenvalue weighted by atomic mass is 9.80. The maximum atomic E-state index is 11.7. The molecule has 98 valence electrons. The Balaban J connectivity index is 1.89. The third kappa shape index (κ3) is 1.64. The maximum absolute atomic E-state index is 11.7. The predicted octanol–water partition coefficient (Wildman–Crippen LogP) is 2.07. The molecule has 1 saturated carbocycles. The molecule has 1 N–H and O–H groups in total. The Morgan fingerprint density at radius 3 is 3.00 bits per heavy atom. The maximum Gasteiger partial charge on any atom is 0.309 e. The predicted molar refractivity (Wildman–Crippen MR) is 67.7 cm³/mol. The smallest absolute Gasteiger partial charge is 0.309 e. The summed E-state index contributed by atoms with van der Waals surface area (Å²) in [5.74, 6) is 1.03. The van der Waals surface area contributed by atoms with E-state index in [1.165, 1.54) is 5.57 Å². The van der Waals surface area contributed by atoms with Crippen molar-refractivity contribution in [3.63, 3.8) is 0 Å². The fraction of sp³-hybridized carbons (Fsp3) is 0.667. The average molecular weight is 248 g/mol. The first kappa shape index (κ1) is 12.0. The first-order valence-electron chi connectivity index (χ1n) is 6.79. The number of rotatable bonds is 1. The number of aliphatic hydroxyl groups excluding tert-OH is 1. The summed E-state index contributed by atoms with van der Waals surface area (Å²) >= 11 is 0. The topological polar surface area (TPSA) is 46.5 Å². The molecular formula is C15H20O3. The molecule has 3 aliphatic rings. The van der Waals surface area contributed by atoms with Gasteiger partial charge >= 0.3 is 5.97 Å². The Morgan fingerprint density at radius 2 is 2.28 bits per heavy atom. The second-order valence-electron chi connectivity index (χ2n) is 5.91. The van der Waals surface area contributed by atoms with Gasteiger partial charge in [0, 0.05) is 12.3 Å². The zero-order chi connectivity index (χ0) is 12.9. The summed E-state index contributed by atoms with van der Waals surface area (Å²) in [4.78, 5) is 11.7. The normalized spacial score (nSPS) is 43.0. The quantitative estimate of drug-likeness (QED) is 0.571. The average Bonchev–Trinajstić information content (AvgIpc) is 2.82. The van der Waals surface area contributed by atoms with E-state index in [9.17, 15) is 9.90 Å². The fourth-order valence-corrected chi connectivity index (χ4v) is 3.89. The Hall–Kier alpha value is -1.09. The van der Waals surface area contributed by atoms with Crippen molar-refractivity contribution < 1.29 is 14.6 Å². The van der Waals surface area contributed by atoms with Crippen LogP contribution in [0.1, 0.15) is 26.2 Å². The lowest BCUT2D eigenvalue weighted by Gasteiger charge is -2.23. The number of allylic oxidation sites excluding steroid dienone is 1. The lowest BCUT2D eigenvalue weighted by molar-refractivity contribution is -0.143. The second kappa shape index (κ2) is 4.23. The molecule has 1 aliphatic heterocycles. The van der Waals surface area contributed by atoms with Gasteiger partial charge in [-0.1, -0.05) is 25.2 Å². The molecule has 5 unspecified atom stereocenters. The highest BCUT2D eigenvalue weighted by atomic mass is 16.6. The highest BCUT2D eigenvalue weighted by Gasteiger charge is 2.48. The Morgan fingerprint density at radius 1 is 1.50 bits per heavy atom. The van der Waals surface area contributed by atoms with Crippen molar-refractivity contribution >= 4 is 5.97 Å². The molecule has 1 heterocycles. The van der Waals surface area contributed by atoms with Gasteiger partial charge in [0.25, 0.3) is 0 Å². The number of hydrogen-bond donors (Lipinski definition) is 1. The van der Waals surface area contributed by atoms with Gasteiger partial charge < -0.3 is 9.84 Å². The van der Waals surface area contributed by atoms with Gasteiger partial charge in [-0.15, -0.1) is 0 Å². The Bertz CT molecular complexity index is 423. The number of carbonyl (C=O) groups is 1. The van der Waals surface area contributed by atoms with Gasteiger partial charge in [0.2, 0.25) is 0 Å². The largest absolute Gasteiger partial charge is 0.461 e. The molecule has 0 radical (unpaired) electrons. The lowest BCUT2D eigenvalue weighted by Crippen LogP contribution is -2.21. The molecule has 3 heteroatoms. The van der Waals surface area contributed by atoms with Gasteiger partial charge in [0.15, 0.2) is 0 Å². The van der Waals surface area contributed by atoms with Crippen LogP contribution in [0.25, 0.3) is 0 Å². The zero-order valence-electron chi connectivity index (χ0n) is 10.8. The second-order valence-corrected chi connectivity index (χ2v) is 5.91. The zero-order valence-corrected chi connectivity index (χ0v) is 10.8. The van der Waals surface area contributed by atoms with Gasteiger partial charge in [-0.25, -0.2) is 0 Å². The van der Waals surface area contributed by atoms with E-state index in [0.29, 0.717) is 11.8 Å². The van der Waals surface area contributed by atoms with Crippen LogP contribution in [-0.4, -0.2) is 23.8 Å². The van der Waals surface area contributed by atoms with Crippen LogP contribution in [0, 0.1) is 23.7 Å². The minimum Gasteiger partial charge on any atom is -0.461 e. The van der Waals surface area contributed by atoms with Crippen molar-refractivity contribution in [2.24, 2.45) is 23.7 Å². The number of ether oxygens (including phenoxy) is 1. The summed E-state index contributed by atoms with van der Waals surface area (Å²) in [5.41, 5.74) is 2.32. The molecule has 0 spiro atoms. The van der Waals surface area contributed by atoms with E-state index in [1.54, 1.807) is 0 Å². The van der Waals surface area contributed by atoms with Crippen LogP contribution in [0.15, 0.2) is 23.8 Å². The molecule has 0 aromatic rings. The van der Waals surface area contributed by atoms with E-state index in [2.05, 4.69) is 12.7 Å². The number of fused-ring (bicyclic) bond motifs is 2. The minimum absolute atomic E-state index is 0.0120. The molecule has 1 saturated heterocycles. The molecular weight excluding hydrogens is 228 g/mol. The molecule has 0 aromatic carbocycles. The summed E-state index contributed by atoms with van der Waals surface area (Å²) in [7, 11) is 0. The van der Waals surface area contributed by atoms with Crippen LogP contribution in [0.4, 0.5) is 0 Å². The van der Waals surface area contributed by atoms with Crippen LogP contribution in [0.2, 0.25) is 0 Å². The van der Waals surface area contributed by atoms with Crippen molar-refractivity contribution in [2.75, 3.05) is 6.61 Å². The SMILES string of the molecule is C=C1CC2OC(=O)C(C)C2CC2C(CO)=CCC12. The number of aliphatic hydroxyl groups is 1.